The number of halogens is 1. The lowest BCUT2D eigenvalue weighted by atomic mass is 10.1. The summed E-state index contributed by atoms with van der Waals surface area (Å²) in [5.74, 6) is -1.44. The van der Waals surface area contributed by atoms with E-state index in [9.17, 15) is 9.59 Å². The molecule has 1 amide bonds. The molecule has 0 heterocycles. The van der Waals surface area contributed by atoms with Crippen LogP contribution in [0, 0.1) is 0 Å². The maximum Gasteiger partial charge on any atom is 0.305 e. The highest BCUT2D eigenvalue weighted by atomic mass is 35.5. The molecule has 0 spiro atoms. The fraction of sp³-hybridized carbons (Fsp3) is 0.176. The molecule has 23 heavy (non-hydrogen) atoms. The summed E-state index contributed by atoms with van der Waals surface area (Å²) in [5, 5.41) is 15.2. The highest BCUT2D eigenvalue weighted by Crippen LogP contribution is 2.14. The molecule has 2 aromatic rings. The minimum absolute atomic E-state index is 0.299. The van der Waals surface area contributed by atoms with E-state index in [-0.39, 0.29) is 6.42 Å². The molecule has 6 heteroatoms. The van der Waals surface area contributed by atoms with Gasteiger partial charge < -0.3 is 15.7 Å². The lowest BCUT2D eigenvalue weighted by Crippen LogP contribution is -2.41. The van der Waals surface area contributed by atoms with Crippen LogP contribution in [-0.2, 0) is 16.1 Å². The minimum atomic E-state index is -1.04. The van der Waals surface area contributed by atoms with Crippen LogP contribution in [0.5, 0.6) is 0 Å². The zero-order valence-electron chi connectivity index (χ0n) is 12.3. The van der Waals surface area contributed by atoms with E-state index in [1.165, 1.54) is 0 Å². The predicted molar refractivity (Wildman–Crippen MR) is 89.4 cm³/mol. The van der Waals surface area contributed by atoms with Gasteiger partial charge in [-0.25, -0.2) is 0 Å². The van der Waals surface area contributed by atoms with E-state index >= 15 is 0 Å². The Balaban J connectivity index is 2.00. The third-order valence-corrected chi connectivity index (χ3v) is 3.45. The predicted octanol–water partition coefficient (Wildman–Crippen LogP) is 2.91. The quantitative estimate of drug-likeness (QED) is 0.728. The Morgan fingerprint density at radius 3 is 2.30 bits per heavy atom. The lowest BCUT2D eigenvalue weighted by Gasteiger charge is -2.17. The number of carbonyl (C=O) groups is 2. The van der Waals surface area contributed by atoms with Gasteiger partial charge in [0.15, 0.2) is 0 Å². The van der Waals surface area contributed by atoms with Gasteiger partial charge in [0.05, 0.1) is 12.5 Å². The van der Waals surface area contributed by atoms with Crippen molar-refractivity contribution in [1.29, 1.82) is 0 Å². The Kier molecular flexibility index (Phi) is 6.14. The molecule has 120 valence electrons. The highest BCUT2D eigenvalue weighted by Gasteiger charge is 2.21. The van der Waals surface area contributed by atoms with Crippen LogP contribution >= 0.6 is 11.6 Å². The third-order valence-electron chi connectivity index (χ3n) is 3.20. The summed E-state index contributed by atoms with van der Waals surface area (Å²) in [4.78, 5) is 23.3. The first-order valence-electron chi connectivity index (χ1n) is 7.10. The zero-order valence-corrected chi connectivity index (χ0v) is 13.1. The molecule has 2 rings (SSSR count). The summed E-state index contributed by atoms with van der Waals surface area (Å²) in [6.45, 7) is 0.410. The molecule has 0 aromatic heterocycles. The Hall–Kier alpha value is -2.37. The smallest absolute Gasteiger partial charge is 0.305 e. The number of carboxylic acid groups (broad SMARTS) is 1. The van der Waals surface area contributed by atoms with Crippen molar-refractivity contribution in [3.63, 3.8) is 0 Å². The van der Waals surface area contributed by atoms with E-state index in [0.29, 0.717) is 17.3 Å². The van der Waals surface area contributed by atoms with Crippen molar-refractivity contribution in [3.8, 4) is 0 Å². The van der Waals surface area contributed by atoms with E-state index in [0.717, 1.165) is 5.56 Å². The number of aliphatic carboxylic acids is 1. The third kappa shape index (κ3) is 5.73. The molecule has 1 unspecified atom stereocenters. The number of amides is 1. The van der Waals surface area contributed by atoms with Crippen molar-refractivity contribution >= 4 is 29.2 Å². The summed E-state index contributed by atoms with van der Waals surface area (Å²) >= 11 is 5.79. The molecule has 3 N–H and O–H groups in total. The number of carboxylic acids is 1. The zero-order chi connectivity index (χ0) is 16.7. The standard InChI is InChI=1S/C17H17ClN2O3/c18-13-6-8-14(9-7-13)20-17(23)15(10-16(21)22)19-11-12-4-2-1-3-5-12/h1-9,15,19H,10-11H2,(H,20,23)(H,21,22). The first-order valence-corrected chi connectivity index (χ1v) is 7.48. The molecule has 0 saturated carbocycles. The molecule has 5 nitrogen and oxygen atoms in total. The van der Waals surface area contributed by atoms with Crippen LogP contribution in [0.25, 0.3) is 0 Å². The second kappa shape index (κ2) is 8.31. The lowest BCUT2D eigenvalue weighted by molar-refractivity contribution is -0.139. The van der Waals surface area contributed by atoms with E-state index in [1.54, 1.807) is 24.3 Å². The van der Waals surface area contributed by atoms with Crippen molar-refractivity contribution in [2.45, 2.75) is 19.0 Å². The molecular weight excluding hydrogens is 316 g/mol. The highest BCUT2D eigenvalue weighted by molar-refractivity contribution is 6.30. The average Bonchev–Trinajstić information content (AvgIpc) is 2.54. The van der Waals surface area contributed by atoms with Gasteiger partial charge >= 0.3 is 5.97 Å². The van der Waals surface area contributed by atoms with E-state index in [4.69, 9.17) is 16.7 Å². The van der Waals surface area contributed by atoms with Crippen LogP contribution in [0.4, 0.5) is 5.69 Å². The van der Waals surface area contributed by atoms with Crippen LogP contribution in [0.15, 0.2) is 54.6 Å². The fourth-order valence-electron chi connectivity index (χ4n) is 2.03. The van der Waals surface area contributed by atoms with Gasteiger partial charge in [-0.15, -0.1) is 0 Å². The Morgan fingerprint density at radius 1 is 1.04 bits per heavy atom. The molecule has 0 aliphatic carbocycles. The molecule has 1 atom stereocenters. The summed E-state index contributed by atoms with van der Waals surface area (Å²) in [5.41, 5.74) is 1.54. The molecule has 2 aromatic carbocycles. The molecule has 0 aliphatic heterocycles. The number of rotatable bonds is 7. The van der Waals surface area contributed by atoms with Crippen molar-refractivity contribution in [3.05, 3.63) is 65.2 Å². The summed E-state index contributed by atoms with van der Waals surface area (Å²) in [6, 6.07) is 15.3. The van der Waals surface area contributed by atoms with Gasteiger partial charge in [-0.2, -0.15) is 0 Å². The Bertz CT molecular complexity index is 659. The number of carbonyl (C=O) groups excluding carboxylic acids is 1. The van der Waals surface area contributed by atoms with Gasteiger partial charge in [0.25, 0.3) is 0 Å². The maximum absolute atomic E-state index is 12.3. The second-order valence-electron chi connectivity index (χ2n) is 5.01. The topological polar surface area (TPSA) is 78.4 Å². The second-order valence-corrected chi connectivity index (χ2v) is 5.45. The monoisotopic (exact) mass is 332 g/mol. The number of benzene rings is 2. The first kappa shape index (κ1) is 17.0. The SMILES string of the molecule is O=C(O)CC(NCc1ccccc1)C(=O)Nc1ccc(Cl)cc1. The van der Waals surface area contributed by atoms with Crippen molar-refractivity contribution in [2.24, 2.45) is 0 Å². The van der Waals surface area contributed by atoms with Crippen molar-refractivity contribution < 1.29 is 14.7 Å². The molecule has 0 bridgehead atoms. The molecular formula is C17H17ClN2O3. The largest absolute Gasteiger partial charge is 0.481 e. The normalized spacial score (nSPS) is 11.7. The number of hydrogen-bond acceptors (Lipinski definition) is 3. The van der Waals surface area contributed by atoms with Gasteiger partial charge in [0, 0.05) is 17.3 Å². The molecule has 0 radical (unpaired) electrons. The van der Waals surface area contributed by atoms with E-state index in [1.807, 2.05) is 30.3 Å². The van der Waals surface area contributed by atoms with E-state index < -0.39 is 17.9 Å². The minimum Gasteiger partial charge on any atom is -0.481 e. The van der Waals surface area contributed by atoms with Crippen molar-refractivity contribution in [2.75, 3.05) is 5.32 Å². The number of hydrogen-bond donors (Lipinski definition) is 3. The van der Waals surface area contributed by atoms with E-state index in [2.05, 4.69) is 10.6 Å². The van der Waals surface area contributed by atoms with Gasteiger partial charge in [-0.05, 0) is 29.8 Å². The average molecular weight is 333 g/mol. The Labute approximate surface area is 139 Å². The summed E-state index contributed by atoms with van der Waals surface area (Å²) in [7, 11) is 0. The fourth-order valence-corrected chi connectivity index (χ4v) is 2.16. The van der Waals surface area contributed by atoms with Crippen LogP contribution in [0.3, 0.4) is 0 Å². The van der Waals surface area contributed by atoms with Gasteiger partial charge in [0.1, 0.15) is 0 Å². The van der Waals surface area contributed by atoms with Gasteiger partial charge in [-0.1, -0.05) is 41.9 Å². The summed E-state index contributed by atoms with van der Waals surface area (Å²) in [6.07, 6.45) is -0.299. The van der Waals surface area contributed by atoms with Crippen LogP contribution in [-0.4, -0.2) is 23.0 Å². The van der Waals surface area contributed by atoms with Crippen LogP contribution in [0.2, 0.25) is 5.02 Å². The van der Waals surface area contributed by atoms with Crippen LogP contribution in [0.1, 0.15) is 12.0 Å². The number of nitrogens with one attached hydrogen (secondary N) is 2. The molecule has 0 fully saturated rings. The van der Waals surface area contributed by atoms with Gasteiger partial charge in [0.2, 0.25) is 5.91 Å². The first-order chi connectivity index (χ1) is 11.0. The summed E-state index contributed by atoms with van der Waals surface area (Å²) < 4.78 is 0. The van der Waals surface area contributed by atoms with Gasteiger partial charge in [-0.3, -0.25) is 9.59 Å². The molecule has 0 aliphatic rings. The van der Waals surface area contributed by atoms with Crippen LogP contribution < -0.4 is 10.6 Å². The number of anilines is 1. The molecule has 0 saturated heterocycles. The Morgan fingerprint density at radius 2 is 1.70 bits per heavy atom. The van der Waals surface area contributed by atoms with Crippen molar-refractivity contribution in [1.82, 2.24) is 5.32 Å². The maximum atomic E-state index is 12.3.